The van der Waals surface area contributed by atoms with E-state index in [1.807, 2.05) is 24.3 Å². The van der Waals surface area contributed by atoms with E-state index in [1.54, 1.807) is 11.8 Å². The average molecular weight is 369 g/mol. The van der Waals surface area contributed by atoms with E-state index in [0.29, 0.717) is 37.2 Å². The van der Waals surface area contributed by atoms with Gasteiger partial charge in [0, 0.05) is 38.7 Å². The summed E-state index contributed by atoms with van der Waals surface area (Å²) in [6, 6.07) is 7.31. The van der Waals surface area contributed by atoms with Gasteiger partial charge in [-0.15, -0.1) is 22.6 Å². The highest BCUT2D eigenvalue weighted by Crippen LogP contribution is 2.21. The van der Waals surface area contributed by atoms with Gasteiger partial charge in [-0.3, -0.25) is 0 Å². The fourth-order valence-corrected chi connectivity index (χ4v) is 2.33. The van der Waals surface area contributed by atoms with Gasteiger partial charge in [0.05, 0.1) is 0 Å². The zero-order valence-corrected chi connectivity index (χ0v) is 14.8. The number of carbonyl (C=O) groups excluding carboxylic acids is 1. The molecule has 0 spiro atoms. The Labute approximate surface area is 151 Å². The number of hydrogen-bond donors (Lipinski definition) is 1. The second-order valence-electron chi connectivity index (χ2n) is 5.35. The number of ether oxygens (including phenoxy) is 2. The molecule has 0 radical (unpaired) electrons. The smallest absolute Gasteiger partial charge is 0.409 e. The third kappa shape index (κ3) is 5.33. The number of amides is 1. The Balaban J connectivity index is 0.00000225. The van der Waals surface area contributed by atoms with Crippen LogP contribution in [-0.4, -0.2) is 60.6 Å². The predicted molar refractivity (Wildman–Crippen MR) is 93.0 cm³/mol. The van der Waals surface area contributed by atoms with E-state index in [1.165, 1.54) is 0 Å². The normalized spacial score (nSPS) is 13.9. The molecule has 9 heteroatoms. The molecule has 0 saturated carbocycles. The van der Waals surface area contributed by atoms with E-state index < -0.39 is 0 Å². The number of aromatic nitrogens is 2. The first-order valence-corrected chi connectivity index (χ1v) is 7.88. The molecule has 1 N–H and O–H groups in total. The van der Waals surface area contributed by atoms with Crippen molar-refractivity contribution < 1.29 is 18.7 Å². The highest BCUT2D eigenvalue weighted by atomic mass is 35.5. The Kier molecular flexibility index (Phi) is 7.03. The van der Waals surface area contributed by atoms with Crippen molar-refractivity contribution in [2.45, 2.75) is 6.92 Å². The van der Waals surface area contributed by atoms with Crippen molar-refractivity contribution in [1.82, 2.24) is 20.4 Å². The fourth-order valence-electron chi connectivity index (χ4n) is 2.33. The zero-order valence-electron chi connectivity index (χ0n) is 13.9. The molecule has 1 aliphatic heterocycles. The summed E-state index contributed by atoms with van der Waals surface area (Å²) in [6.45, 7) is 5.22. The maximum atomic E-state index is 11.8. The van der Waals surface area contributed by atoms with Crippen molar-refractivity contribution in [3.63, 3.8) is 0 Å². The molecular weight excluding hydrogens is 348 g/mol. The molecular formula is C16H21ClN4O4. The van der Waals surface area contributed by atoms with Crippen LogP contribution in [0.1, 0.15) is 5.89 Å². The maximum Gasteiger partial charge on any atom is 0.409 e. The van der Waals surface area contributed by atoms with E-state index in [9.17, 15) is 4.79 Å². The van der Waals surface area contributed by atoms with Gasteiger partial charge in [-0.05, 0) is 24.3 Å². The number of hydrogen-bond acceptors (Lipinski definition) is 7. The standard InChI is InChI=1S/C16H20N4O4.ClH/c1-12-18-19-15(24-12)13-2-4-14(5-3-13)22-10-11-23-16(21)20-8-6-17-7-9-20;/h2-5,17H,6-11H2,1H3;1H. The summed E-state index contributed by atoms with van der Waals surface area (Å²) in [6.07, 6.45) is -0.290. The van der Waals surface area contributed by atoms with Crippen molar-refractivity contribution >= 4 is 18.5 Å². The van der Waals surface area contributed by atoms with Crippen LogP contribution in [0, 0.1) is 6.92 Å². The van der Waals surface area contributed by atoms with E-state index in [-0.39, 0.29) is 25.1 Å². The summed E-state index contributed by atoms with van der Waals surface area (Å²) in [5.41, 5.74) is 0.827. The number of aryl methyl sites for hydroxylation is 1. The lowest BCUT2D eigenvalue weighted by Gasteiger charge is -2.26. The van der Waals surface area contributed by atoms with Crippen LogP contribution < -0.4 is 10.1 Å². The SMILES string of the molecule is Cc1nnc(-c2ccc(OCCOC(=O)N3CCNCC3)cc2)o1.Cl. The summed E-state index contributed by atoms with van der Waals surface area (Å²) in [5.74, 6) is 1.69. The minimum Gasteiger partial charge on any atom is -0.490 e. The molecule has 1 amide bonds. The summed E-state index contributed by atoms with van der Waals surface area (Å²) < 4.78 is 16.1. The lowest BCUT2D eigenvalue weighted by atomic mass is 10.2. The van der Waals surface area contributed by atoms with Gasteiger partial charge < -0.3 is 24.1 Å². The summed E-state index contributed by atoms with van der Waals surface area (Å²) in [5, 5.41) is 10.9. The van der Waals surface area contributed by atoms with Gasteiger partial charge in [-0.25, -0.2) is 4.79 Å². The van der Waals surface area contributed by atoms with Gasteiger partial charge >= 0.3 is 6.09 Å². The Morgan fingerprint density at radius 2 is 1.92 bits per heavy atom. The van der Waals surface area contributed by atoms with Crippen molar-refractivity contribution in [1.29, 1.82) is 0 Å². The number of benzene rings is 1. The molecule has 0 unspecified atom stereocenters. The molecule has 2 heterocycles. The van der Waals surface area contributed by atoms with Crippen LogP contribution in [0.3, 0.4) is 0 Å². The monoisotopic (exact) mass is 368 g/mol. The molecule has 136 valence electrons. The van der Waals surface area contributed by atoms with Crippen LogP contribution >= 0.6 is 12.4 Å². The molecule has 0 bridgehead atoms. The number of piperazine rings is 1. The van der Waals surface area contributed by atoms with E-state index in [4.69, 9.17) is 13.9 Å². The third-order valence-corrected chi connectivity index (χ3v) is 3.58. The van der Waals surface area contributed by atoms with Crippen molar-refractivity contribution in [2.75, 3.05) is 39.4 Å². The second-order valence-corrected chi connectivity index (χ2v) is 5.35. The number of nitrogens with zero attached hydrogens (tertiary/aromatic N) is 3. The quantitative estimate of drug-likeness (QED) is 0.806. The topological polar surface area (TPSA) is 89.7 Å². The molecule has 0 aliphatic carbocycles. The van der Waals surface area contributed by atoms with Gasteiger partial charge in [-0.2, -0.15) is 0 Å². The molecule has 1 aromatic heterocycles. The number of halogens is 1. The highest BCUT2D eigenvalue weighted by molar-refractivity contribution is 5.85. The minimum atomic E-state index is -0.290. The third-order valence-electron chi connectivity index (χ3n) is 3.58. The van der Waals surface area contributed by atoms with Crippen LogP contribution in [0.15, 0.2) is 28.7 Å². The Morgan fingerprint density at radius 1 is 1.20 bits per heavy atom. The Bertz CT molecular complexity index is 671. The first-order valence-electron chi connectivity index (χ1n) is 7.88. The van der Waals surface area contributed by atoms with Gasteiger partial charge in [0.25, 0.3) is 0 Å². The molecule has 1 aromatic carbocycles. The van der Waals surface area contributed by atoms with Crippen molar-refractivity contribution in [3.05, 3.63) is 30.2 Å². The van der Waals surface area contributed by atoms with Gasteiger partial charge in [0.1, 0.15) is 19.0 Å². The molecule has 0 atom stereocenters. The molecule has 3 rings (SSSR count). The van der Waals surface area contributed by atoms with Crippen LogP contribution in [0.2, 0.25) is 0 Å². The maximum absolute atomic E-state index is 11.8. The summed E-state index contributed by atoms with van der Waals surface area (Å²) >= 11 is 0. The van der Waals surface area contributed by atoms with Gasteiger partial charge in [-0.1, -0.05) is 0 Å². The number of carbonyl (C=O) groups is 1. The van der Waals surface area contributed by atoms with Gasteiger partial charge in [0.2, 0.25) is 11.8 Å². The minimum absolute atomic E-state index is 0. The van der Waals surface area contributed by atoms with Crippen LogP contribution in [-0.2, 0) is 4.74 Å². The van der Waals surface area contributed by atoms with Crippen LogP contribution in [0.4, 0.5) is 4.79 Å². The number of nitrogens with one attached hydrogen (secondary N) is 1. The largest absolute Gasteiger partial charge is 0.490 e. The second kappa shape index (κ2) is 9.24. The zero-order chi connectivity index (χ0) is 16.8. The lowest BCUT2D eigenvalue weighted by molar-refractivity contribution is 0.0844. The van der Waals surface area contributed by atoms with Crippen molar-refractivity contribution in [3.8, 4) is 17.2 Å². The van der Waals surface area contributed by atoms with Crippen molar-refractivity contribution in [2.24, 2.45) is 0 Å². The Morgan fingerprint density at radius 3 is 2.56 bits per heavy atom. The summed E-state index contributed by atoms with van der Waals surface area (Å²) in [4.78, 5) is 13.5. The Hall–Kier alpha value is -2.32. The van der Waals surface area contributed by atoms with Gasteiger partial charge in [0.15, 0.2) is 0 Å². The van der Waals surface area contributed by atoms with Crippen LogP contribution in [0.5, 0.6) is 5.75 Å². The predicted octanol–water partition coefficient (Wildman–Crippen LogP) is 1.89. The highest BCUT2D eigenvalue weighted by Gasteiger charge is 2.17. The molecule has 2 aromatic rings. The van der Waals surface area contributed by atoms with E-state index in [0.717, 1.165) is 18.7 Å². The molecule has 1 saturated heterocycles. The molecule has 8 nitrogen and oxygen atoms in total. The van der Waals surface area contributed by atoms with E-state index >= 15 is 0 Å². The molecule has 1 aliphatic rings. The lowest BCUT2D eigenvalue weighted by Crippen LogP contribution is -2.46. The van der Waals surface area contributed by atoms with Crippen LogP contribution in [0.25, 0.3) is 11.5 Å². The fraction of sp³-hybridized carbons (Fsp3) is 0.438. The first-order chi connectivity index (χ1) is 11.7. The first kappa shape index (κ1) is 19.0. The van der Waals surface area contributed by atoms with E-state index in [2.05, 4.69) is 15.5 Å². The summed E-state index contributed by atoms with van der Waals surface area (Å²) in [7, 11) is 0. The molecule has 1 fully saturated rings. The number of rotatable bonds is 5. The molecule has 25 heavy (non-hydrogen) atoms. The average Bonchev–Trinajstić information content (AvgIpc) is 3.06.